The molecule has 1 aliphatic heterocycles. The molecule has 2 amide bonds. The van der Waals surface area contributed by atoms with E-state index in [2.05, 4.69) is 17.6 Å². The summed E-state index contributed by atoms with van der Waals surface area (Å²) >= 11 is 6.29. The highest BCUT2D eigenvalue weighted by atomic mass is 35.5. The van der Waals surface area contributed by atoms with E-state index in [-0.39, 0.29) is 12.1 Å². The molecule has 3 atom stereocenters. The molecule has 2 aliphatic rings. The van der Waals surface area contributed by atoms with Crippen LogP contribution >= 0.6 is 11.6 Å². The van der Waals surface area contributed by atoms with Gasteiger partial charge in [-0.15, -0.1) is 0 Å². The minimum Gasteiger partial charge on any atom is -0.459 e. The van der Waals surface area contributed by atoms with Gasteiger partial charge in [-0.25, -0.2) is 9.59 Å². The fraction of sp³-hybridized carbons (Fsp3) is 0.474. The van der Waals surface area contributed by atoms with E-state index in [0.29, 0.717) is 27.8 Å². The number of rotatable bonds is 3. The molecule has 134 valence electrons. The first-order chi connectivity index (χ1) is 12.0. The van der Waals surface area contributed by atoms with Crippen LogP contribution in [0.5, 0.6) is 0 Å². The quantitative estimate of drug-likeness (QED) is 0.796. The molecule has 2 N–H and O–H groups in total. The van der Waals surface area contributed by atoms with Crippen molar-refractivity contribution in [3.05, 3.63) is 46.1 Å². The number of carbonyl (C=O) groups excluding carboxylic acids is 2. The highest BCUT2D eigenvalue weighted by Crippen LogP contribution is 2.33. The van der Waals surface area contributed by atoms with Crippen LogP contribution in [0, 0.1) is 5.92 Å². The maximum absolute atomic E-state index is 12.9. The molecular formula is C19H23ClN2O3. The first-order valence-corrected chi connectivity index (χ1v) is 9.07. The summed E-state index contributed by atoms with van der Waals surface area (Å²) in [5, 5.41) is 5.95. The van der Waals surface area contributed by atoms with E-state index in [1.807, 2.05) is 18.2 Å². The van der Waals surface area contributed by atoms with Gasteiger partial charge in [-0.1, -0.05) is 43.1 Å². The number of allylic oxidation sites excluding steroid dienone is 1. The Labute approximate surface area is 152 Å². The van der Waals surface area contributed by atoms with Crippen LogP contribution in [-0.2, 0) is 9.53 Å². The maximum Gasteiger partial charge on any atom is 0.338 e. The average molecular weight is 363 g/mol. The molecule has 25 heavy (non-hydrogen) atoms. The van der Waals surface area contributed by atoms with Crippen LogP contribution in [0.4, 0.5) is 4.79 Å². The number of halogens is 1. The summed E-state index contributed by atoms with van der Waals surface area (Å²) in [6, 6.07) is 6.22. The van der Waals surface area contributed by atoms with Crippen molar-refractivity contribution in [2.75, 3.05) is 0 Å². The number of hydrogen-bond donors (Lipinski definition) is 2. The zero-order valence-corrected chi connectivity index (χ0v) is 15.2. The van der Waals surface area contributed by atoms with Gasteiger partial charge in [0.15, 0.2) is 0 Å². The first-order valence-electron chi connectivity index (χ1n) is 8.69. The van der Waals surface area contributed by atoms with Gasteiger partial charge in [-0.3, -0.25) is 0 Å². The van der Waals surface area contributed by atoms with Crippen molar-refractivity contribution in [2.45, 2.75) is 51.7 Å². The van der Waals surface area contributed by atoms with Gasteiger partial charge >= 0.3 is 12.0 Å². The number of ether oxygens (including phenoxy) is 1. The molecule has 0 bridgehead atoms. The first kappa shape index (κ1) is 17.8. The van der Waals surface area contributed by atoms with Crippen LogP contribution in [0.15, 0.2) is 35.5 Å². The number of hydrogen-bond acceptors (Lipinski definition) is 3. The number of amides is 2. The third-order valence-corrected chi connectivity index (χ3v) is 5.21. The Kier molecular flexibility index (Phi) is 5.33. The molecule has 1 aromatic rings. The topological polar surface area (TPSA) is 67.4 Å². The molecule has 0 radical (unpaired) electrons. The van der Waals surface area contributed by atoms with Crippen LogP contribution in [0.25, 0.3) is 0 Å². The molecule has 1 aliphatic carbocycles. The van der Waals surface area contributed by atoms with E-state index in [9.17, 15) is 9.59 Å². The van der Waals surface area contributed by atoms with E-state index in [1.165, 1.54) is 6.42 Å². The van der Waals surface area contributed by atoms with E-state index >= 15 is 0 Å². The van der Waals surface area contributed by atoms with Crippen LogP contribution in [0.1, 0.15) is 51.1 Å². The zero-order valence-electron chi connectivity index (χ0n) is 14.5. The fourth-order valence-electron chi connectivity index (χ4n) is 3.61. The van der Waals surface area contributed by atoms with Crippen molar-refractivity contribution < 1.29 is 14.3 Å². The van der Waals surface area contributed by atoms with Gasteiger partial charge in [0.1, 0.15) is 6.10 Å². The molecule has 1 aromatic carbocycles. The largest absolute Gasteiger partial charge is 0.459 e. The monoisotopic (exact) mass is 362 g/mol. The summed E-state index contributed by atoms with van der Waals surface area (Å²) in [6.45, 7) is 3.89. The SMILES string of the molecule is CC1=C(C(=O)O[C@@H]2CCC[C@@H](C)C2)[C@@H](c2ccccc2Cl)NC(=O)N1. The van der Waals surface area contributed by atoms with Crippen molar-refractivity contribution >= 4 is 23.6 Å². The Morgan fingerprint density at radius 1 is 1.28 bits per heavy atom. The third kappa shape index (κ3) is 3.98. The standard InChI is InChI=1S/C19H23ClN2O3/c1-11-6-5-7-13(10-11)25-18(23)16-12(2)21-19(24)22-17(16)14-8-3-4-9-15(14)20/h3-4,8-9,11,13,17H,5-7,10H2,1-2H3,(H2,21,22,24)/t11-,13-,17-/m1/s1. The normalized spacial score (nSPS) is 26.7. The zero-order chi connectivity index (χ0) is 18.0. The lowest BCUT2D eigenvalue weighted by molar-refractivity contribution is -0.146. The van der Waals surface area contributed by atoms with Crippen molar-refractivity contribution in [1.82, 2.24) is 10.6 Å². The van der Waals surface area contributed by atoms with Crippen LogP contribution < -0.4 is 10.6 Å². The molecule has 6 heteroatoms. The summed E-state index contributed by atoms with van der Waals surface area (Å²) in [5.41, 5.74) is 1.59. The number of carbonyl (C=O) groups is 2. The molecule has 0 spiro atoms. The van der Waals surface area contributed by atoms with Crippen molar-refractivity contribution in [2.24, 2.45) is 5.92 Å². The predicted molar refractivity (Wildman–Crippen MR) is 96.1 cm³/mol. The van der Waals surface area contributed by atoms with E-state index in [0.717, 1.165) is 19.3 Å². The number of urea groups is 1. The van der Waals surface area contributed by atoms with Gasteiger partial charge in [0.05, 0.1) is 11.6 Å². The summed E-state index contributed by atoms with van der Waals surface area (Å²) in [5.74, 6) is 0.166. The predicted octanol–water partition coefficient (Wildman–Crippen LogP) is 4.09. The second-order valence-electron chi connectivity index (χ2n) is 6.89. The fourth-order valence-corrected chi connectivity index (χ4v) is 3.85. The molecule has 0 aromatic heterocycles. The second kappa shape index (κ2) is 7.48. The molecular weight excluding hydrogens is 340 g/mol. The third-order valence-electron chi connectivity index (χ3n) is 4.87. The number of nitrogens with one attached hydrogen (secondary N) is 2. The van der Waals surface area contributed by atoms with E-state index < -0.39 is 12.0 Å². The smallest absolute Gasteiger partial charge is 0.338 e. The molecule has 0 unspecified atom stereocenters. The van der Waals surface area contributed by atoms with Crippen LogP contribution in [-0.4, -0.2) is 18.1 Å². The minimum absolute atomic E-state index is 0.0685. The van der Waals surface area contributed by atoms with Crippen molar-refractivity contribution in [3.8, 4) is 0 Å². The van der Waals surface area contributed by atoms with Gasteiger partial charge < -0.3 is 15.4 Å². The lowest BCUT2D eigenvalue weighted by Crippen LogP contribution is -2.45. The summed E-state index contributed by atoms with van der Waals surface area (Å²) in [4.78, 5) is 24.8. The van der Waals surface area contributed by atoms with Gasteiger partial charge in [0.25, 0.3) is 0 Å². The van der Waals surface area contributed by atoms with Crippen LogP contribution in [0.3, 0.4) is 0 Å². The summed E-state index contributed by atoms with van der Waals surface area (Å²) in [6.07, 6.45) is 3.95. The van der Waals surface area contributed by atoms with Gasteiger partial charge in [0, 0.05) is 10.7 Å². The Morgan fingerprint density at radius 2 is 2.04 bits per heavy atom. The van der Waals surface area contributed by atoms with Gasteiger partial charge in [-0.2, -0.15) is 0 Å². The molecule has 0 saturated heterocycles. The van der Waals surface area contributed by atoms with Gasteiger partial charge in [-0.05, 0) is 43.7 Å². The Hall–Kier alpha value is -2.01. The van der Waals surface area contributed by atoms with Crippen molar-refractivity contribution in [3.63, 3.8) is 0 Å². The molecule has 1 heterocycles. The maximum atomic E-state index is 12.9. The Bertz CT molecular complexity index is 716. The van der Waals surface area contributed by atoms with E-state index in [1.54, 1.807) is 13.0 Å². The molecule has 5 nitrogen and oxygen atoms in total. The molecule has 1 fully saturated rings. The Morgan fingerprint density at radius 3 is 2.76 bits per heavy atom. The van der Waals surface area contributed by atoms with Crippen molar-refractivity contribution in [1.29, 1.82) is 0 Å². The van der Waals surface area contributed by atoms with Gasteiger partial charge in [0.2, 0.25) is 0 Å². The highest BCUT2D eigenvalue weighted by Gasteiger charge is 2.34. The lowest BCUT2D eigenvalue weighted by atomic mass is 9.88. The highest BCUT2D eigenvalue weighted by molar-refractivity contribution is 6.31. The average Bonchev–Trinajstić information content (AvgIpc) is 2.54. The number of benzene rings is 1. The Balaban J connectivity index is 1.87. The lowest BCUT2D eigenvalue weighted by Gasteiger charge is -2.31. The molecule has 3 rings (SSSR count). The van der Waals surface area contributed by atoms with E-state index in [4.69, 9.17) is 16.3 Å². The summed E-state index contributed by atoms with van der Waals surface area (Å²) < 4.78 is 5.77. The second-order valence-corrected chi connectivity index (χ2v) is 7.30. The summed E-state index contributed by atoms with van der Waals surface area (Å²) in [7, 11) is 0. The number of esters is 1. The molecule has 1 saturated carbocycles. The minimum atomic E-state index is -0.615. The van der Waals surface area contributed by atoms with Crippen LogP contribution in [0.2, 0.25) is 5.02 Å².